The highest BCUT2D eigenvalue weighted by molar-refractivity contribution is 14.1. The summed E-state index contributed by atoms with van der Waals surface area (Å²) in [6.45, 7) is 0.500. The molecule has 1 atom stereocenters. The number of halogens is 2. The van der Waals surface area contributed by atoms with E-state index >= 15 is 0 Å². The van der Waals surface area contributed by atoms with Crippen LogP contribution in [0.3, 0.4) is 0 Å². The molecule has 2 aromatic carbocycles. The molecule has 0 saturated carbocycles. The Kier molecular flexibility index (Phi) is 5.87. The number of ether oxygens (including phenoxy) is 1. The van der Waals surface area contributed by atoms with Crippen molar-refractivity contribution in [3.05, 3.63) is 89.6 Å². The van der Waals surface area contributed by atoms with Gasteiger partial charge in [-0.15, -0.1) is 0 Å². The van der Waals surface area contributed by atoms with Crippen molar-refractivity contribution in [2.75, 3.05) is 6.54 Å². The molecule has 1 spiro atoms. The Hall–Kier alpha value is -2.51. The van der Waals surface area contributed by atoms with Gasteiger partial charge in [-0.05, 0) is 81.3 Å². The van der Waals surface area contributed by atoms with Gasteiger partial charge in [0.15, 0.2) is 5.17 Å². The summed E-state index contributed by atoms with van der Waals surface area (Å²) in [5, 5.41) is 14.2. The van der Waals surface area contributed by atoms with E-state index in [1.807, 2.05) is 18.2 Å². The van der Waals surface area contributed by atoms with E-state index in [1.165, 1.54) is 36.0 Å². The number of rotatable bonds is 2. The number of aliphatic imine (C=N–C) groups is 1. The highest BCUT2D eigenvalue weighted by atomic mass is 127. The zero-order chi connectivity index (χ0) is 23.2. The first-order chi connectivity index (χ1) is 15.9. The van der Waals surface area contributed by atoms with E-state index in [9.17, 15) is 14.9 Å². The summed E-state index contributed by atoms with van der Waals surface area (Å²) >= 11 is 7.25. The summed E-state index contributed by atoms with van der Waals surface area (Å²) in [6, 6.07) is 13.5. The van der Waals surface area contributed by atoms with Gasteiger partial charge in [-0.25, -0.2) is 4.98 Å². The average molecular weight is 637 g/mol. The Labute approximate surface area is 214 Å². The topological polar surface area (TPSA) is 107 Å². The van der Waals surface area contributed by atoms with Crippen molar-refractivity contribution >= 4 is 67.0 Å². The van der Waals surface area contributed by atoms with Crippen LogP contribution >= 0.6 is 50.3 Å². The molecule has 2 aliphatic rings. The standard InChI is InChI=1S/C22H14BrIN4O4S/c23-13-9-17-20(26-11-13)32-18-6-3-14(24)10-16(18)22(17)7-8-25-21(33-22)27-19(29)12-1-4-15(5-2-12)28(30)31/h1-6,9-11H,7-8H2,(H,25,27,29). The van der Waals surface area contributed by atoms with Crippen molar-refractivity contribution in [1.29, 1.82) is 0 Å². The molecule has 0 radical (unpaired) electrons. The minimum Gasteiger partial charge on any atom is -0.438 e. The van der Waals surface area contributed by atoms with Gasteiger partial charge in [0, 0.05) is 49.6 Å². The lowest BCUT2D eigenvalue weighted by Crippen LogP contribution is -2.39. The molecule has 3 heterocycles. The van der Waals surface area contributed by atoms with E-state index in [1.54, 1.807) is 6.20 Å². The van der Waals surface area contributed by atoms with Crippen LogP contribution in [0.15, 0.2) is 64.2 Å². The second kappa shape index (κ2) is 8.69. The first kappa shape index (κ1) is 22.3. The number of nitrogens with zero attached hydrogens (tertiary/aromatic N) is 3. The number of nitro benzene ring substituents is 1. The Morgan fingerprint density at radius 2 is 2.00 bits per heavy atom. The van der Waals surface area contributed by atoms with Crippen LogP contribution in [0.4, 0.5) is 5.69 Å². The number of benzene rings is 2. The molecule has 0 aliphatic carbocycles. The maximum absolute atomic E-state index is 12.8. The normalized spacial score (nSPS) is 18.5. The number of amides is 1. The van der Waals surface area contributed by atoms with Gasteiger partial charge in [0.25, 0.3) is 11.6 Å². The Morgan fingerprint density at radius 1 is 1.21 bits per heavy atom. The molecule has 1 N–H and O–H groups in total. The number of hydrogen-bond donors (Lipinski definition) is 1. The number of fused-ring (bicyclic) bond motifs is 4. The van der Waals surface area contributed by atoms with Gasteiger partial charge >= 0.3 is 0 Å². The Morgan fingerprint density at radius 3 is 2.76 bits per heavy atom. The predicted octanol–water partition coefficient (Wildman–Crippen LogP) is 5.63. The number of nitrogens with one attached hydrogen (secondary N) is 1. The van der Waals surface area contributed by atoms with Crippen LogP contribution in [0.25, 0.3) is 0 Å². The van der Waals surface area contributed by atoms with Gasteiger partial charge in [-0.2, -0.15) is 0 Å². The molecule has 0 fully saturated rings. The minimum absolute atomic E-state index is 0.0713. The number of carbonyl (C=O) groups excluding carboxylic acids is 1. The van der Waals surface area contributed by atoms with Crippen LogP contribution in [0.1, 0.15) is 27.9 Å². The molecule has 5 rings (SSSR count). The number of hydrogen-bond acceptors (Lipinski definition) is 7. The molecule has 8 nitrogen and oxygen atoms in total. The van der Waals surface area contributed by atoms with Crippen molar-refractivity contribution in [2.24, 2.45) is 4.99 Å². The highest BCUT2D eigenvalue weighted by Crippen LogP contribution is 2.57. The van der Waals surface area contributed by atoms with Crippen LogP contribution in [0.5, 0.6) is 11.6 Å². The van der Waals surface area contributed by atoms with Crippen molar-refractivity contribution < 1.29 is 14.5 Å². The molecule has 166 valence electrons. The third kappa shape index (κ3) is 4.13. The SMILES string of the molecule is O=C(NC1=NCCC2(S1)c1cc(I)ccc1Oc1ncc(Br)cc12)c1ccc([N+](=O)[O-])cc1. The smallest absolute Gasteiger partial charge is 0.269 e. The molecular formula is C22H14BrIN4O4S. The minimum atomic E-state index is -0.541. The molecule has 3 aromatic rings. The van der Waals surface area contributed by atoms with E-state index in [4.69, 9.17) is 4.74 Å². The van der Waals surface area contributed by atoms with Crippen LogP contribution in [-0.4, -0.2) is 27.5 Å². The maximum Gasteiger partial charge on any atom is 0.269 e. The molecule has 0 saturated heterocycles. The first-order valence-corrected chi connectivity index (χ1v) is 12.5. The number of thioether (sulfide) groups is 1. The van der Waals surface area contributed by atoms with Gasteiger partial charge in [0.05, 0.1) is 9.67 Å². The summed E-state index contributed by atoms with van der Waals surface area (Å²) < 4.78 is 7.46. The monoisotopic (exact) mass is 636 g/mol. The lowest BCUT2D eigenvalue weighted by Gasteiger charge is -2.41. The summed E-state index contributed by atoms with van der Waals surface area (Å²) in [6.07, 6.45) is 2.40. The fourth-order valence-electron chi connectivity index (χ4n) is 3.86. The first-order valence-electron chi connectivity index (χ1n) is 9.79. The fourth-order valence-corrected chi connectivity index (χ4v) is 6.04. The second-order valence-electron chi connectivity index (χ2n) is 7.37. The number of nitro groups is 1. The zero-order valence-electron chi connectivity index (χ0n) is 16.7. The van der Waals surface area contributed by atoms with E-state index in [-0.39, 0.29) is 11.6 Å². The zero-order valence-corrected chi connectivity index (χ0v) is 21.3. The number of non-ortho nitro benzene ring substituents is 1. The lowest BCUT2D eigenvalue weighted by atomic mass is 9.85. The van der Waals surface area contributed by atoms with E-state index in [0.29, 0.717) is 29.6 Å². The third-order valence-corrected chi connectivity index (χ3v) is 7.91. The van der Waals surface area contributed by atoms with Crippen molar-refractivity contribution in [3.63, 3.8) is 0 Å². The van der Waals surface area contributed by atoms with Crippen molar-refractivity contribution in [1.82, 2.24) is 10.3 Å². The molecular weight excluding hydrogens is 623 g/mol. The van der Waals surface area contributed by atoms with Crippen LogP contribution in [0, 0.1) is 13.7 Å². The van der Waals surface area contributed by atoms with Gasteiger partial charge in [0.1, 0.15) is 5.75 Å². The molecule has 33 heavy (non-hydrogen) atoms. The fraction of sp³-hybridized carbons (Fsp3) is 0.136. The van der Waals surface area contributed by atoms with Crippen LogP contribution in [-0.2, 0) is 4.75 Å². The second-order valence-corrected chi connectivity index (χ2v) is 10.8. The summed E-state index contributed by atoms with van der Waals surface area (Å²) in [5.41, 5.74) is 2.16. The van der Waals surface area contributed by atoms with Gasteiger partial charge in [-0.3, -0.25) is 19.9 Å². The molecule has 0 bridgehead atoms. The number of amidine groups is 1. The van der Waals surface area contributed by atoms with Crippen molar-refractivity contribution in [2.45, 2.75) is 11.2 Å². The van der Waals surface area contributed by atoms with Gasteiger partial charge in [0.2, 0.25) is 5.88 Å². The van der Waals surface area contributed by atoms with E-state index in [2.05, 4.69) is 59.9 Å². The number of pyridine rings is 1. The molecule has 2 aliphatic heterocycles. The Bertz CT molecular complexity index is 1280. The van der Waals surface area contributed by atoms with Crippen LogP contribution < -0.4 is 10.1 Å². The molecule has 1 unspecified atom stereocenters. The predicted molar refractivity (Wildman–Crippen MR) is 137 cm³/mol. The molecule has 11 heteroatoms. The lowest BCUT2D eigenvalue weighted by molar-refractivity contribution is -0.384. The largest absolute Gasteiger partial charge is 0.438 e. The maximum atomic E-state index is 12.8. The summed E-state index contributed by atoms with van der Waals surface area (Å²) in [5.74, 6) is 0.881. The van der Waals surface area contributed by atoms with Crippen LogP contribution in [0.2, 0.25) is 0 Å². The third-order valence-electron chi connectivity index (χ3n) is 5.39. The number of carbonyl (C=O) groups is 1. The molecule has 1 aromatic heterocycles. The van der Waals surface area contributed by atoms with E-state index < -0.39 is 9.67 Å². The number of aromatic nitrogens is 1. The average Bonchev–Trinajstić information content (AvgIpc) is 2.81. The summed E-state index contributed by atoms with van der Waals surface area (Å²) in [7, 11) is 0. The quantitative estimate of drug-likeness (QED) is 0.222. The summed E-state index contributed by atoms with van der Waals surface area (Å²) in [4.78, 5) is 32.3. The highest BCUT2D eigenvalue weighted by Gasteiger charge is 2.46. The van der Waals surface area contributed by atoms with Gasteiger partial charge in [-0.1, -0.05) is 11.8 Å². The molecule has 1 amide bonds. The Balaban J connectivity index is 1.50. The van der Waals surface area contributed by atoms with Crippen molar-refractivity contribution in [3.8, 4) is 11.6 Å². The van der Waals surface area contributed by atoms with Gasteiger partial charge < -0.3 is 10.1 Å². The van der Waals surface area contributed by atoms with E-state index in [0.717, 1.165) is 24.9 Å².